The number of amides is 1. The molecule has 24 heavy (non-hydrogen) atoms. The van der Waals surface area contributed by atoms with Crippen LogP contribution in [-0.2, 0) is 4.79 Å². The molecule has 1 aliphatic rings. The molecule has 0 radical (unpaired) electrons. The summed E-state index contributed by atoms with van der Waals surface area (Å²) in [4.78, 5) is 27.0. The second-order valence-corrected chi connectivity index (χ2v) is 6.56. The van der Waals surface area contributed by atoms with Crippen molar-refractivity contribution in [2.24, 2.45) is 0 Å². The first-order valence-corrected chi connectivity index (χ1v) is 8.38. The molecule has 3 rings (SSSR count). The summed E-state index contributed by atoms with van der Waals surface area (Å²) in [5.74, 6) is -0.276. The van der Waals surface area contributed by atoms with Crippen LogP contribution in [0.1, 0.15) is 16.8 Å². The molecule has 1 amide bonds. The number of ketones is 1. The molecule has 0 aliphatic carbocycles. The van der Waals surface area contributed by atoms with Crippen LogP contribution >= 0.6 is 23.2 Å². The minimum Gasteiger partial charge on any atom is -0.325 e. The first-order valence-electron chi connectivity index (χ1n) is 7.62. The minimum absolute atomic E-state index is 0.0789. The lowest BCUT2D eigenvalue weighted by Gasteiger charge is -2.17. The zero-order valence-corrected chi connectivity index (χ0v) is 14.3. The molecule has 2 aromatic rings. The molecule has 2 aromatic carbocycles. The third-order valence-electron chi connectivity index (χ3n) is 3.86. The number of hydrogen-bond acceptors (Lipinski definition) is 3. The van der Waals surface area contributed by atoms with Gasteiger partial charge in [-0.25, -0.2) is 0 Å². The molecule has 0 saturated carbocycles. The van der Waals surface area contributed by atoms with Crippen molar-refractivity contribution in [3.63, 3.8) is 0 Å². The summed E-state index contributed by atoms with van der Waals surface area (Å²) in [7, 11) is 0. The summed E-state index contributed by atoms with van der Waals surface area (Å²) in [5.41, 5.74) is 1.18. The van der Waals surface area contributed by atoms with Gasteiger partial charge in [0.1, 0.15) is 0 Å². The Morgan fingerprint density at radius 1 is 1.04 bits per heavy atom. The van der Waals surface area contributed by atoms with Crippen LogP contribution in [0, 0.1) is 0 Å². The number of benzene rings is 2. The first-order chi connectivity index (χ1) is 11.5. The average molecular weight is 363 g/mol. The Morgan fingerprint density at radius 2 is 1.75 bits per heavy atom. The number of carbonyl (C=O) groups is 2. The molecule has 124 valence electrons. The lowest BCUT2D eigenvalue weighted by molar-refractivity contribution is -0.119. The molecule has 0 spiro atoms. The van der Waals surface area contributed by atoms with Crippen molar-refractivity contribution in [2.75, 3.05) is 18.4 Å². The van der Waals surface area contributed by atoms with Crippen LogP contribution in [0.3, 0.4) is 0 Å². The molecule has 1 fully saturated rings. The Morgan fingerprint density at radius 3 is 2.38 bits per heavy atom. The highest BCUT2D eigenvalue weighted by Crippen LogP contribution is 2.21. The largest absolute Gasteiger partial charge is 0.325 e. The molecule has 0 bridgehead atoms. The van der Waals surface area contributed by atoms with E-state index in [0.29, 0.717) is 21.3 Å². The highest BCUT2D eigenvalue weighted by molar-refractivity contribution is 6.31. The predicted molar refractivity (Wildman–Crippen MR) is 95.8 cm³/mol. The van der Waals surface area contributed by atoms with Gasteiger partial charge in [0.15, 0.2) is 5.78 Å². The first kappa shape index (κ1) is 17.0. The highest BCUT2D eigenvalue weighted by atomic mass is 35.5. The van der Waals surface area contributed by atoms with Crippen LogP contribution in [-0.4, -0.2) is 35.7 Å². The van der Waals surface area contributed by atoms with Gasteiger partial charge in [0.05, 0.1) is 6.04 Å². The predicted octanol–water partition coefficient (Wildman–Crippen LogP) is 3.89. The van der Waals surface area contributed by atoms with Gasteiger partial charge in [0.2, 0.25) is 5.91 Å². The van der Waals surface area contributed by atoms with E-state index < -0.39 is 6.04 Å². The van der Waals surface area contributed by atoms with Crippen LogP contribution in [0.5, 0.6) is 0 Å². The van der Waals surface area contributed by atoms with Crippen molar-refractivity contribution in [2.45, 2.75) is 12.5 Å². The van der Waals surface area contributed by atoms with E-state index in [1.165, 1.54) is 0 Å². The number of halogens is 2. The summed E-state index contributed by atoms with van der Waals surface area (Å²) >= 11 is 11.8. The Labute approximate surface area is 150 Å². The van der Waals surface area contributed by atoms with E-state index in [1.54, 1.807) is 48.5 Å². The lowest BCUT2D eigenvalue weighted by atomic mass is 10.0. The monoisotopic (exact) mass is 362 g/mol. The third kappa shape index (κ3) is 4.35. The van der Waals surface area contributed by atoms with Crippen molar-refractivity contribution < 1.29 is 9.59 Å². The van der Waals surface area contributed by atoms with Gasteiger partial charge in [-0.1, -0.05) is 29.3 Å². The van der Waals surface area contributed by atoms with Crippen LogP contribution in [0.2, 0.25) is 10.0 Å². The fourth-order valence-electron chi connectivity index (χ4n) is 2.48. The molecule has 1 aliphatic heterocycles. The molecule has 4 nitrogen and oxygen atoms in total. The SMILES string of the molecule is O=C(CC(C(=O)Nc1cccc(Cl)c1)N1CC1)c1ccc(Cl)cc1. The Hall–Kier alpha value is -1.88. The number of nitrogens with one attached hydrogen (secondary N) is 1. The molecule has 1 unspecified atom stereocenters. The maximum Gasteiger partial charge on any atom is 0.242 e. The Kier molecular flexibility index (Phi) is 5.19. The molecule has 1 N–H and O–H groups in total. The van der Waals surface area contributed by atoms with E-state index in [2.05, 4.69) is 5.32 Å². The zero-order chi connectivity index (χ0) is 17.1. The fourth-order valence-corrected chi connectivity index (χ4v) is 2.79. The second kappa shape index (κ2) is 7.34. The summed E-state index contributed by atoms with van der Waals surface area (Å²) in [6, 6.07) is 13.2. The number of Topliss-reactive ketones (excluding diaryl/α,β-unsaturated/α-hetero) is 1. The quantitative estimate of drug-likeness (QED) is 0.626. The van der Waals surface area contributed by atoms with E-state index in [4.69, 9.17) is 23.2 Å². The molecule has 1 atom stereocenters. The van der Waals surface area contributed by atoms with Crippen molar-refractivity contribution in [1.29, 1.82) is 0 Å². The smallest absolute Gasteiger partial charge is 0.242 e. The van der Waals surface area contributed by atoms with Gasteiger partial charge in [0, 0.05) is 40.8 Å². The van der Waals surface area contributed by atoms with E-state index >= 15 is 0 Å². The normalized spacial score (nSPS) is 14.9. The number of hydrogen-bond donors (Lipinski definition) is 1. The lowest BCUT2D eigenvalue weighted by Crippen LogP contribution is -2.36. The van der Waals surface area contributed by atoms with Crippen LogP contribution < -0.4 is 5.32 Å². The molecule has 1 heterocycles. The highest BCUT2D eigenvalue weighted by Gasteiger charge is 2.34. The third-order valence-corrected chi connectivity index (χ3v) is 4.35. The van der Waals surface area contributed by atoms with Crippen LogP contribution in [0.15, 0.2) is 48.5 Å². The number of rotatable bonds is 6. The standard InChI is InChI=1S/C18H16Cl2N2O2/c19-13-6-4-12(5-7-13)17(23)11-16(22-8-9-22)18(24)21-15-3-1-2-14(20)10-15/h1-7,10,16H,8-9,11H2,(H,21,24). The molecule has 6 heteroatoms. The van der Waals surface area contributed by atoms with Gasteiger partial charge in [-0.3, -0.25) is 14.5 Å². The summed E-state index contributed by atoms with van der Waals surface area (Å²) in [6.07, 6.45) is 0.133. The maximum absolute atomic E-state index is 12.6. The fraction of sp³-hybridized carbons (Fsp3) is 0.222. The van der Waals surface area contributed by atoms with Crippen molar-refractivity contribution in [3.8, 4) is 0 Å². The Bertz CT molecular complexity index is 758. The van der Waals surface area contributed by atoms with Gasteiger partial charge in [-0.2, -0.15) is 0 Å². The summed E-state index contributed by atoms with van der Waals surface area (Å²) < 4.78 is 0. The van der Waals surface area contributed by atoms with E-state index in [-0.39, 0.29) is 18.1 Å². The van der Waals surface area contributed by atoms with Gasteiger partial charge in [0.25, 0.3) is 0 Å². The summed E-state index contributed by atoms with van der Waals surface area (Å²) in [5, 5.41) is 3.96. The molecular weight excluding hydrogens is 347 g/mol. The van der Waals surface area contributed by atoms with Crippen LogP contribution in [0.25, 0.3) is 0 Å². The second-order valence-electron chi connectivity index (χ2n) is 5.69. The van der Waals surface area contributed by atoms with E-state index in [1.807, 2.05) is 4.90 Å². The van der Waals surface area contributed by atoms with Crippen molar-refractivity contribution in [1.82, 2.24) is 4.90 Å². The van der Waals surface area contributed by atoms with Crippen molar-refractivity contribution in [3.05, 3.63) is 64.1 Å². The maximum atomic E-state index is 12.6. The van der Waals surface area contributed by atoms with Gasteiger partial charge >= 0.3 is 0 Å². The van der Waals surface area contributed by atoms with Gasteiger partial charge in [-0.15, -0.1) is 0 Å². The summed E-state index contributed by atoms with van der Waals surface area (Å²) in [6.45, 7) is 1.64. The van der Waals surface area contributed by atoms with Gasteiger partial charge < -0.3 is 5.32 Å². The Balaban J connectivity index is 1.69. The van der Waals surface area contributed by atoms with Crippen molar-refractivity contribution >= 4 is 40.6 Å². The molecular formula is C18H16Cl2N2O2. The number of anilines is 1. The van der Waals surface area contributed by atoms with E-state index in [9.17, 15) is 9.59 Å². The number of nitrogens with zero attached hydrogens (tertiary/aromatic N) is 1. The average Bonchev–Trinajstić information content (AvgIpc) is 3.37. The van der Waals surface area contributed by atoms with Crippen LogP contribution in [0.4, 0.5) is 5.69 Å². The molecule has 1 saturated heterocycles. The minimum atomic E-state index is -0.479. The topological polar surface area (TPSA) is 49.2 Å². The zero-order valence-electron chi connectivity index (χ0n) is 12.8. The van der Waals surface area contributed by atoms with E-state index in [0.717, 1.165) is 13.1 Å². The number of carbonyl (C=O) groups excluding carboxylic acids is 2. The molecule has 0 aromatic heterocycles. The van der Waals surface area contributed by atoms with Gasteiger partial charge in [-0.05, 0) is 42.5 Å².